The fourth-order valence-electron chi connectivity index (χ4n) is 2.68. The number of hydrogen-bond donors (Lipinski definition) is 0. The highest BCUT2D eigenvalue weighted by Crippen LogP contribution is 2.36. The van der Waals surface area contributed by atoms with Crippen LogP contribution < -0.4 is 10.4 Å². The molecule has 0 radical (unpaired) electrons. The lowest BCUT2D eigenvalue weighted by molar-refractivity contribution is 0.00578. The fourth-order valence-corrected chi connectivity index (χ4v) is 2.68. The van der Waals surface area contributed by atoms with E-state index >= 15 is 0 Å². The van der Waals surface area contributed by atoms with Crippen LogP contribution in [-0.4, -0.2) is 36.4 Å². The Morgan fingerprint density at radius 3 is 2.29 bits per heavy atom. The molecule has 0 saturated carbocycles. The average Bonchev–Trinajstić information content (AvgIpc) is 2.87. The summed E-state index contributed by atoms with van der Waals surface area (Å²) in [4.78, 5) is 17.3. The van der Waals surface area contributed by atoms with E-state index in [4.69, 9.17) is 14.0 Å². The Balaban J connectivity index is 1.69. The van der Waals surface area contributed by atoms with Crippen LogP contribution in [0.2, 0.25) is 0 Å². The van der Waals surface area contributed by atoms with Crippen molar-refractivity contribution in [3.63, 3.8) is 0 Å². The number of aromatic nitrogens is 1. The molecule has 1 aliphatic rings. The third-order valence-corrected chi connectivity index (χ3v) is 5.19. The molecule has 0 aliphatic carbocycles. The van der Waals surface area contributed by atoms with Crippen molar-refractivity contribution in [2.24, 2.45) is 0 Å². The molecular weight excluding hydrogens is 362 g/mol. The molecule has 3 rings (SSSR count). The van der Waals surface area contributed by atoms with E-state index in [1.54, 1.807) is 0 Å². The number of ether oxygens (including phenoxy) is 1. The van der Waals surface area contributed by atoms with E-state index in [0.29, 0.717) is 0 Å². The van der Waals surface area contributed by atoms with E-state index in [0.717, 1.165) is 10.5 Å². The standard InChI is InChI=1S/C20H24BFN2O4/c1-19(2)20(3,4)28-21(27-19)15-11-12-16(23-17(15)22)24(5)18(25)26-13-14-9-7-6-8-10-14/h6-12H,13H2,1-5H3. The smallest absolute Gasteiger partial charge is 0.444 e. The third kappa shape index (κ3) is 4.03. The molecular formula is C20H24BFN2O4. The van der Waals surface area contributed by atoms with Gasteiger partial charge in [0.05, 0.1) is 11.2 Å². The fraction of sp³-hybridized carbons (Fsp3) is 0.400. The predicted molar refractivity (Wildman–Crippen MR) is 105 cm³/mol. The summed E-state index contributed by atoms with van der Waals surface area (Å²) in [5.74, 6) is -0.616. The van der Waals surface area contributed by atoms with Gasteiger partial charge in [0.25, 0.3) is 0 Å². The van der Waals surface area contributed by atoms with Crippen molar-refractivity contribution in [2.45, 2.75) is 45.5 Å². The van der Waals surface area contributed by atoms with Crippen LogP contribution >= 0.6 is 0 Å². The number of anilines is 1. The monoisotopic (exact) mass is 386 g/mol. The maximum absolute atomic E-state index is 14.6. The highest BCUT2D eigenvalue weighted by atomic mass is 19.1. The van der Waals surface area contributed by atoms with Gasteiger partial charge in [0, 0.05) is 12.5 Å². The van der Waals surface area contributed by atoms with Crippen LogP contribution in [0.15, 0.2) is 42.5 Å². The van der Waals surface area contributed by atoms with Gasteiger partial charge < -0.3 is 14.0 Å². The van der Waals surface area contributed by atoms with Crippen LogP contribution in [0.4, 0.5) is 15.0 Å². The lowest BCUT2D eigenvalue weighted by atomic mass is 9.80. The molecule has 1 saturated heterocycles. The van der Waals surface area contributed by atoms with Gasteiger partial charge in [0.2, 0.25) is 5.95 Å². The zero-order chi connectivity index (χ0) is 20.5. The SMILES string of the molecule is CN(C(=O)OCc1ccccc1)c1ccc(B2OC(C)(C)C(C)(C)O2)c(F)n1. The van der Waals surface area contributed by atoms with Gasteiger partial charge in [-0.15, -0.1) is 0 Å². The van der Waals surface area contributed by atoms with E-state index in [9.17, 15) is 9.18 Å². The van der Waals surface area contributed by atoms with Crippen LogP contribution in [0.3, 0.4) is 0 Å². The van der Waals surface area contributed by atoms with Crippen molar-refractivity contribution in [3.05, 3.63) is 54.0 Å². The van der Waals surface area contributed by atoms with Crippen LogP contribution in [0.5, 0.6) is 0 Å². The first-order chi connectivity index (χ1) is 13.1. The van der Waals surface area contributed by atoms with E-state index in [1.807, 2.05) is 58.0 Å². The summed E-state index contributed by atoms with van der Waals surface area (Å²) in [5.41, 5.74) is -0.116. The second kappa shape index (κ2) is 7.52. The van der Waals surface area contributed by atoms with Crippen LogP contribution in [-0.2, 0) is 20.7 Å². The lowest BCUT2D eigenvalue weighted by Crippen LogP contribution is -2.41. The molecule has 6 nitrogen and oxygen atoms in total. The van der Waals surface area contributed by atoms with Gasteiger partial charge in [0.15, 0.2) is 0 Å². The van der Waals surface area contributed by atoms with Crippen molar-refractivity contribution in [2.75, 3.05) is 11.9 Å². The maximum atomic E-state index is 14.6. The van der Waals surface area contributed by atoms with Crippen molar-refractivity contribution in [1.29, 1.82) is 0 Å². The van der Waals surface area contributed by atoms with Gasteiger partial charge in [-0.3, -0.25) is 4.90 Å². The van der Waals surface area contributed by atoms with Gasteiger partial charge in [-0.2, -0.15) is 4.39 Å². The van der Waals surface area contributed by atoms with Crippen LogP contribution in [0, 0.1) is 5.95 Å². The van der Waals surface area contributed by atoms with Crippen LogP contribution in [0.25, 0.3) is 0 Å². The average molecular weight is 386 g/mol. The number of nitrogens with zero attached hydrogens (tertiary/aromatic N) is 2. The van der Waals surface area contributed by atoms with Gasteiger partial charge in [-0.25, -0.2) is 9.78 Å². The van der Waals surface area contributed by atoms with Crippen molar-refractivity contribution < 1.29 is 23.2 Å². The topological polar surface area (TPSA) is 60.9 Å². The number of halogens is 1. The lowest BCUT2D eigenvalue weighted by Gasteiger charge is -2.32. The van der Waals surface area contributed by atoms with Crippen molar-refractivity contribution >= 4 is 24.5 Å². The normalized spacial score (nSPS) is 17.4. The number of carbonyl (C=O) groups is 1. The van der Waals surface area contributed by atoms with E-state index in [2.05, 4.69) is 4.98 Å². The quantitative estimate of drug-likeness (QED) is 0.596. The Morgan fingerprint density at radius 1 is 1.11 bits per heavy atom. The largest absolute Gasteiger partial charge is 0.499 e. The molecule has 0 unspecified atom stereocenters. The van der Waals surface area contributed by atoms with Crippen LogP contribution in [0.1, 0.15) is 33.3 Å². The maximum Gasteiger partial charge on any atom is 0.499 e. The molecule has 0 spiro atoms. The summed E-state index contributed by atoms with van der Waals surface area (Å²) in [6.07, 6.45) is -0.626. The minimum Gasteiger partial charge on any atom is -0.444 e. The Morgan fingerprint density at radius 2 is 1.71 bits per heavy atom. The number of hydrogen-bond acceptors (Lipinski definition) is 5. The molecule has 1 fully saturated rings. The first kappa shape index (κ1) is 20.3. The Bertz CT molecular complexity index is 845. The third-order valence-electron chi connectivity index (χ3n) is 5.19. The van der Waals surface area contributed by atoms with Crippen molar-refractivity contribution in [1.82, 2.24) is 4.98 Å². The van der Waals surface area contributed by atoms with Crippen molar-refractivity contribution in [3.8, 4) is 0 Å². The van der Waals surface area contributed by atoms with E-state index in [1.165, 1.54) is 19.2 Å². The Kier molecular flexibility index (Phi) is 5.45. The van der Waals surface area contributed by atoms with E-state index < -0.39 is 30.4 Å². The molecule has 148 valence electrons. The zero-order valence-corrected chi connectivity index (χ0v) is 16.7. The number of rotatable bonds is 4. The number of benzene rings is 1. The first-order valence-corrected chi connectivity index (χ1v) is 9.07. The Hall–Kier alpha value is -2.45. The second-order valence-corrected chi connectivity index (χ2v) is 7.74. The summed E-state index contributed by atoms with van der Waals surface area (Å²) in [6.45, 7) is 7.69. The molecule has 28 heavy (non-hydrogen) atoms. The first-order valence-electron chi connectivity index (χ1n) is 9.07. The molecule has 2 heterocycles. The molecule has 0 atom stereocenters. The molecule has 2 aromatic rings. The molecule has 0 bridgehead atoms. The van der Waals surface area contributed by atoms with Gasteiger partial charge >= 0.3 is 13.2 Å². The zero-order valence-electron chi connectivity index (χ0n) is 16.7. The summed E-state index contributed by atoms with van der Waals surface area (Å²) in [5, 5.41) is 0. The van der Waals surface area contributed by atoms with Gasteiger partial charge in [-0.05, 0) is 39.3 Å². The minimum atomic E-state index is -0.859. The second-order valence-electron chi connectivity index (χ2n) is 7.74. The number of amides is 1. The highest BCUT2D eigenvalue weighted by Gasteiger charge is 2.52. The summed E-state index contributed by atoms with van der Waals surface area (Å²) >= 11 is 0. The molecule has 1 aliphatic heterocycles. The number of carbonyl (C=O) groups excluding carboxylic acids is 1. The summed E-state index contributed by atoms with van der Waals surface area (Å²) in [6, 6.07) is 12.4. The highest BCUT2D eigenvalue weighted by molar-refractivity contribution is 6.62. The molecule has 1 amide bonds. The van der Waals surface area contributed by atoms with Gasteiger partial charge in [-0.1, -0.05) is 36.4 Å². The molecule has 0 N–H and O–H groups in total. The minimum absolute atomic E-state index is 0.124. The molecule has 1 aromatic heterocycles. The van der Waals surface area contributed by atoms with E-state index in [-0.39, 0.29) is 17.9 Å². The predicted octanol–water partition coefficient (Wildman–Crippen LogP) is 3.29. The molecule has 8 heteroatoms. The molecule has 1 aromatic carbocycles. The number of pyridine rings is 1. The summed E-state index contributed by atoms with van der Waals surface area (Å²) in [7, 11) is 0.616. The summed E-state index contributed by atoms with van der Waals surface area (Å²) < 4.78 is 31.6. The van der Waals surface area contributed by atoms with Gasteiger partial charge in [0.1, 0.15) is 12.4 Å². The Labute approximate surface area is 164 Å².